The lowest BCUT2D eigenvalue weighted by Gasteiger charge is -2.11. The van der Waals surface area contributed by atoms with Crippen molar-refractivity contribution in [3.63, 3.8) is 0 Å². The van der Waals surface area contributed by atoms with Gasteiger partial charge in [-0.3, -0.25) is 0 Å². The molecule has 3 rings (SSSR count). The second-order valence-electron chi connectivity index (χ2n) is 4.54. The summed E-state index contributed by atoms with van der Waals surface area (Å²) in [7, 11) is 0. The van der Waals surface area contributed by atoms with Crippen molar-refractivity contribution in [2.75, 3.05) is 0 Å². The Hall–Kier alpha value is -2.28. The molecule has 0 radical (unpaired) electrons. The molecular formula is C18H16O. The Labute approximate surface area is 113 Å². The molecule has 1 nitrogen and oxygen atoms in total. The first-order chi connectivity index (χ1) is 9.38. The highest BCUT2D eigenvalue weighted by atomic mass is 16.5. The molecule has 0 heterocycles. The molecule has 0 amide bonds. The highest BCUT2D eigenvalue weighted by Crippen LogP contribution is 2.32. The van der Waals surface area contributed by atoms with E-state index in [1.54, 1.807) is 0 Å². The van der Waals surface area contributed by atoms with Crippen molar-refractivity contribution in [3.8, 4) is 11.5 Å². The van der Waals surface area contributed by atoms with Crippen LogP contribution >= 0.6 is 0 Å². The predicted octanol–water partition coefficient (Wildman–Crippen LogP) is 5.19. The zero-order valence-corrected chi connectivity index (χ0v) is 11.0. The van der Waals surface area contributed by atoms with Crippen molar-refractivity contribution in [1.82, 2.24) is 0 Å². The van der Waals surface area contributed by atoms with Crippen molar-refractivity contribution in [1.29, 1.82) is 0 Å². The normalized spacial score (nSPS) is 10.6. The van der Waals surface area contributed by atoms with Crippen LogP contribution < -0.4 is 4.74 Å². The largest absolute Gasteiger partial charge is 0.457 e. The van der Waals surface area contributed by atoms with Gasteiger partial charge in [0.05, 0.1) is 0 Å². The zero-order valence-electron chi connectivity index (χ0n) is 11.0. The molecule has 0 fully saturated rings. The fourth-order valence-electron chi connectivity index (χ4n) is 2.35. The SMILES string of the molecule is CCc1ccc(Oc2ccccc2)c2ccccc12. The van der Waals surface area contributed by atoms with Gasteiger partial charge in [-0.2, -0.15) is 0 Å². The standard InChI is InChI=1S/C18H16O/c1-2-14-12-13-18(17-11-7-6-10-16(14)17)19-15-8-4-3-5-9-15/h3-13H,2H2,1H3. The number of para-hydroxylation sites is 1. The fourth-order valence-corrected chi connectivity index (χ4v) is 2.35. The van der Waals surface area contributed by atoms with Gasteiger partial charge in [-0.1, -0.05) is 55.5 Å². The van der Waals surface area contributed by atoms with E-state index in [4.69, 9.17) is 4.74 Å². The summed E-state index contributed by atoms with van der Waals surface area (Å²) in [6.45, 7) is 2.18. The third-order valence-corrected chi connectivity index (χ3v) is 3.33. The Morgan fingerprint density at radius 3 is 2.16 bits per heavy atom. The van der Waals surface area contributed by atoms with Gasteiger partial charge in [0.2, 0.25) is 0 Å². The third kappa shape index (κ3) is 2.32. The van der Waals surface area contributed by atoms with Gasteiger partial charge in [0.15, 0.2) is 0 Å². The first-order valence-electron chi connectivity index (χ1n) is 6.62. The van der Waals surface area contributed by atoms with Gasteiger partial charge in [0.25, 0.3) is 0 Å². The second kappa shape index (κ2) is 5.15. The van der Waals surface area contributed by atoms with Crippen LogP contribution in [-0.4, -0.2) is 0 Å². The van der Waals surface area contributed by atoms with Crippen LogP contribution in [0.3, 0.4) is 0 Å². The average Bonchev–Trinajstić information content (AvgIpc) is 2.49. The summed E-state index contributed by atoms with van der Waals surface area (Å²) < 4.78 is 5.99. The Balaban J connectivity index is 2.10. The molecule has 0 spiro atoms. The van der Waals surface area contributed by atoms with E-state index in [1.807, 2.05) is 30.3 Å². The Kier molecular flexibility index (Phi) is 3.20. The molecule has 94 valence electrons. The molecule has 0 aromatic heterocycles. The van der Waals surface area contributed by atoms with Crippen LogP contribution in [0, 0.1) is 0 Å². The van der Waals surface area contributed by atoms with Crippen LogP contribution in [0.15, 0.2) is 66.7 Å². The molecule has 0 unspecified atom stereocenters. The summed E-state index contributed by atoms with van der Waals surface area (Å²) in [5.74, 6) is 1.79. The minimum absolute atomic E-state index is 0.872. The number of aryl methyl sites for hydroxylation is 1. The first kappa shape index (κ1) is 11.8. The summed E-state index contributed by atoms with van der Waals surface area (Å²) in [6, 6.07) is 22.5. The number of benzene rings is 3. The van der Waals surface area contributed by atoms with E-state index < -0.39 is 0 Å². The number of hydrogen-bond acceptors (Lipinski definition) is 1. The van der Waals surface area contributed by atoms with Gasteiger partial charge in [-0.25, -0.2) is 0 Å². The maximum absolute atomic E-state index is 5.99. The van der Waals surface area contributed by atoms with Gasteiger partial charge in [-0.05, 0) is 35.6 Å². The highest BCUT2D eigenvalue weighted by Gasteiger charge is 2.06. The zero-order chi connectivity index (χ0) is 13.1. The van der Waals surface area contributed by atoms with Crippen molar-refractivity contribution in [3.05, 3.63) is 72.3 Å². The van der Waals surface area contributed by atoms with Crippen molar-refractivity contribution < 1.29 is 4.74 Å². The molecular weight excluding hydrogens is 232 g/mol. The van der Waals surface area contributed by atoms with Crippen LogP contribution in [0.4, 0.5) is 0 Å². The van der Waals surface area contributed by atoms with E-state index >= 15 is 0 Å². The Bertz CT molecular complexity index is 686. The lowest BCUT2D eigenvalue weighted by Crippen LogP contribution is -1.89. The maximum Gasteiger partial charge on any atom is 0.135 e. The fraction of sp³-hybridized carbons (Fsp3) is 0.111. The monoisotopic (exact) mass is 248 g/mol. The Morgan fingerprint density at radius 2 is 1.42 bits per heavy atom. The minimum atomic E-state index is 0.872. The molecule has 0 aliphatic heterocycles. The first-order valence-corrected chi connectivity index (χ1v) is 6.62. The van der Waals surface area contributed by atoms with E-state index in [-0.39, 0.29) is 0 Å². The molecule has 0 bridgehead atoms. The van der Waals surface area contributed by atoms with Crippen molar-refractivity contribution in [2.45, 2.75) is 13.3 Å². The van der Waals surface area contributed by atoms with Crippen molar-refractivity contribution in [2.24, 2.45) is 0 Å². The molecule has 0 saturated heterocycles. The molecule has 0 aliphatic rings. The molecule has 0 aliphatic carbocycles. The summed E-state index contributed by atoms with van der Waals surface area (Å²) >= 11 is 0. The molecule has 3 aromatic carbocycles. The number of hydrogen-bond donors (Lipinski definition) is 0. The number of ether oxygens (including phenoxy) is 1. The van der Waals surface area contributed by atoms with E-state index in [2.05, 4.69) is 43.3 Å². The summed E-state index contributed by atoms with van der Waals surface area (Å²) in [4.78, 5) is 0. The van der Waals surface area contributed by atoms with E-state index in [1.165, 1.54) is 16.3 Å². The van der Waals surface area contributed by atoms with Gasteiger partial charge in [0, 0.05) is 5.39 Å². The van der Waals surface area contributed by atoms with Crippen LogP contribution in [0.25, 0.3) is 10.8 Å². The van der Waals surface area contributed by atoms with Gasteiger partial charge >= 0.3 is 0 Å². The molecule has 0 N–H and O–H groups in total. The number of rotatable bonds is 3. The van der Waals surface area contributed by atoms with Gasteiger partial charge < -0.3 is 4.74 Å². The van der Waals surface area contributed by atoms with E-state index in [0.717, 1.165) is 17.9 Å². The topological polar surface area (TPSA) is 9.23 Å². The lowest BCUT2D eigenvalue weighted by atomic mass is 10.0. The summed E-state index contributed by atoms with van der Waals surface area (Å²) in [6.07, 6.45) is 1.03. The van der Waals surface area contributed by atoms with Gasteiger partial charge in [-0.15, -0.1) is 0 Å². The molecule has 0 saturated carbocycles. The molecule has 0 atom stereocenters. The lowest BCUT2D eigenvalue weighted by molar-refractivity contribution is 0.488. The van der Waals surface area contributed by atoms with Crippen LogP contribution in [0.2, 0.25) is 0 Å². The van der Waals surface area contributed by atoms with E-state index in [0.29, 0.717) is 0 Å². The molecule has 19 heavy (non-hydrogen) atoms. The quantitative estimate of drug-likeness (QED) is 0.619. The second-order valence-corrected chi connectivity index (χ2v) is 4.54. The molecule has 3 aromatic rings. The third-order valence-electron chi connectivity index (χ3n) is 3.33. The highest BCUT2D eigenvalue weighted by molar-refractivity contribution is 5.91. The van der Waals surface area contributed by atoms with Crippen LogP contribution in [0.5, 0.6) is 11.5 Å². The number of fused-ring (bicyclic) bond motifs is 1. The maximum atomic E-state index is 5.99. The smallest absolute Gasteiger partial charge is 0.135 e. The van der Waals surface area contributed by atoms with E-state index in [9.17, 15) is 0 Å². The minimum Gasteiger partial charge on any atom is -0.457 e. The van der Waals surface area contributed by atoms with Gasteiger partial charge in [0.1, 0.15) is 11.5 Å². The average molecular weight is 248 g/mol. The predicted molar refractivity (Wildman–Crippen MR) is 79.8 cm³/mol. The van der Waals surface area contributed by atoms with Crippen LogP contribution in [-0.2, 0) is 6.42 Å². The molecule has 1 heteroatoms. The Morgan fingerprint density at radius 1 is 0.737 bits per heavy atom. The van der Waals surface area contributed by atoms with Crippen molar-refractivity contribution >= 4 is 10.8 Å². The van der Waals surface area contributed by atoms with Crippen LogP contribution in [0.1, 0.15) is 12.5 Å². The summed E-state index contributed by atoms with van der Waals surface area (Å²) in [5, 5.41) is 2.45. The summed E-state index contributed by atoms with van der Waals surface area (Å²) in [5.41, 5.74) is 1.36.